The van der Waals surface area contributed by atoms with E-state index in [0.717, 1.165) is 12.8 Å². The van der Waals surface area contributed by atoms with Crippen LogP contribution in [-0.4, -0.2) is 21.3 Å². The summed E-state index contributed by atoms with van der Waals surface area (Å²) in [4.78, 5) is 5.26. The Morgan fingerprint density at radius 1 is 0.603 bits per heavy atom. The predicted octanol–water partition coefficient (Wildman–Crippen LogP) is 16.0. The molecule has 1 aliphatic heterocycles. The molecule has 3 fully saturated rings. The molecule has 8 rings (SSSR count). The third kappa shape index (κ3) is 8.06. The van der Waals surface area contributed by atoms with E-state index in [2.05, 4.69) is 138 Å². The van der Waals surface area contributed by atoms with Gasteiger partial charge in [0.2, 0.25) is 0 Å². The molecule has 4 aromatic carbocycles. The van der Waals surface area contributed by atoms with Crippen LogP contribution in [0.15, 0.2) is 95.1 Å². The van der Waals surface area contributed by atoms with Gasteiger partial charge in [-0.15, -0.1) is 23.2 Å². The van der Waals surface area contributed by atoms with Crippen molar-refractivity contribution in [2.45, 2.75) is 154 Å². The van der Waals surface area contributed by atoms with Crippen LogP contribution in [-0.2, 0) is 19.5 Å². The van der Waals surface area contributed by atoms with Crippen LogP contribution < -0.4 is 9.80 Å². The standard InChI is InChI=1S/C52H63Cl2N2P.Ru/c1-33-27-35(3)49(36(4)28-33)55-39(7)40(8)56(50-37(5)29-34(2)30-38(50)6)51(55)48-46(32-41-23-24-42-17-15-16-18-43(42)31-41)47(53)25-26-52(48,54)57(44-19-11-9-12-20-44)45-21-13-10-14-22-45;/h15-18,23-24,27-32,44-45,47H,9-14,19-22,25-26H2,1-8H3;/q;+2. The van der Waals surface area contributed by atoms with Gasteiger partial charge in [0.15, 0.2) is 0 Å². The molecule has 3 saturated carbocycles. The van der Waals surface area contributed by atoms with Crippen molar-refractivity contribution in [2.75, 3.05) is 9.80 Å². The van der Waals surface area contributed by atoms with Gasteiger partial charge in [-0.3, -0.25) is 9.80 Å². The number of alkyl halides is 2. The summed E-state index contributed by atoms with van der Waals surface area (Å²) in [5.41, 5.74) is 17.8. The Morgan fingerprint density at radius 3 is 1.55 bits per heavy atom. The van der Waals surface area contributed by atoms with Crippen molar-refractivity contribution < 1.29 is 19.5 Å². The normalized spacial score (nSPS) is 23.2. The first-order valence-corrected chi connectivity index (χ1v) is 24.2. The van der Waals surface area contributed by atoms with Crippen LogP contribution in [0, 0.1) is 41.5 Å². The summed E-state index contributed by atoms with van der Waals surface area (Å²) in [6.45, 7) is 18.3. The zero-order chi connectivity index (χ0) is 40.2. The largest absolute Gasteiger partial charge is 2.00 e. The molecule has 0 radical (unpaired) electrons. The molecule has 4 aliphatic rings. The van der Waals surface area contributed by atoms with Crippen molar-refractivity contribution in [1.82, 2.24) is 0 Å². The van der Waals surface area contributed by atoms with Crippen LogP contribution in [0.5, 0.6) is 0 Å². The van der Waals surface area contributed by atoms with E-state index in [-0.39, 0.29) is 24.9 Å². The number of allylic oxidation sites excluding steroid dienone is 4. The first-order chi connectivity index (χ1) is 27.4. The third-order valence-corrected chi connectivity index (χ3v) is 19.0. The molecule has 2 unspecified atom stereocenters. The summed E-state index contributed by atoms with van der Waals surface area (Å²) in [6.07, 6.45) is 17.5. The molecule has 0 spiro atoms. The second-order valence-electron chi connectivity index (χ2n) is 18.0. The van der Waals surface area contributed by atoms with Crippen molar-refractivity contribution in [2.24, 2.45) is 0 Å². The van der Waals surface area contributed by atoms with Crippen LogP contribution in [0.2, 0.25) is 0 Å². The van der Waals surface area contributed by atoms with Crippen LogP contribution in [0.3, 0.4) is 0 Å². The molecule has 0 amide bonds. The molecule has 58 heavy (non-hydrogen) atoms. The molecule has 3 aliphatic carbocycles. The minimum absolute atomic E-state index is 0. The molecule has 2 nitrogen and oxygen atoms in total. The van der Waals surface area contributed by atoms with Gasteiger partial charge >= 0.3 is 19.5 Å². The zero-order valence-corrected chi connectivity index (χ0v) is 40.2. The molecule has 1 heterocycles. The van der Waals surface area contributed by atoms with Crippen molar-refractivity contribution in [3.05, 3.63) is 134 Å². The number of halogens is 2. The monoisotopic (exact) mass is 918 g/mol. The van der Waals surface area contributed by atoms with Crippen molar-refractivity contribution >= 4 is 59.3 Å². The van der Waals surface area contributed by atoms with Crippen LogP contribution >= 0.6 is 31.1 Å². The average Bonchev–Trinajstić information content (AvgIpc) is 3.41. The van der Waals surface area contributed by atoms with E-state index in [1.165, 1.54) is 154 Å². The molecule has 0 N–H and O–H groups in total. The summed E-state index contributed by atoms with van der Waals surface area (Å²) in [5.74, 6) is 1.21. The maximum atomic E-state index is 8.99. The number of aryl methyl sites for hydroxylation is 6. The Hall–Kier alpha value is -2.41. The van der Waals surface area contributed by atoms with E-state index < -0.39 is 12.5 Å². The van der Waals surface area contributed by atoms with Gasteiger partial charge < -0.3 is 0 Å². The molecular formula is C52H63Cl2N2PRu+2. The number of anilines is 2. The van der Waals surface area contributed by atoms with E-state index >= 15 is 0 Å². The molecule has 4 aromatic rings. The second kappa shape index (κ2) is 17.9. The van der Waals surface area contributed by atoms with Crippen molar-refractivity contribution in [3.8, 4) is 0 Å². The Bertz CT molecular complexity index is 2140. The molecular weight excluding hydrogens is 856 g/mol. The van der Waals surface area contributed by atoms with Gasteiger partial charge in [-0.2, -0.15) is 0 Å². The second-order valence-corrected chi connectivity index (χ2v) is 22.5. The fourth-order valence-electron chi connectivity index (χ4n) is 11.3. The van der Waals surface area contributed by atoms with Crippen molar-refractivity contribution in [3.63, 3.8) is 0 Å². The fourth-order valence-corrected chi connectivity index (χ4v) is 17.2. The van der Waals surface area contributed by atoms with Gasteiger partial charge in [0.25, 0.3) is 0 Å². The van der Waals surface area contributed by atoms with Crippen LogP contribution in [0.1, 0.15) is 130 Å². The Balaban J connectivity index is 0.00000512. The van der Waals surface area contributed by atoms with E-state index in [1.54, 1.807) is 0 Å². The third-order valence-electron chi connectivity index (χ3n) is 13.7. The smallest absolute Gasteiger partial charge is 0.298 e. The van der Waals surface area contributed by atoms with Crippen LogP contribution in [0.4, 0.5) is 11.4 Å². The van der Waals surface area contributed by atoms with Gasteiger partial charge in [0.1, 0.15) is 5.82 Å². The SMILES string of the molecule is CC1=C(C)N(c2c(C)cc(C)cc2C)C(=C2C(=Cc3ccc4ccccc4c3)C(Cl)CCC2(Cl)P(C2CCCCC2)C2CCCCC2)N1c1c(C)cc(C)cc1C.[Ru+2]. The Kier molecular flexibility index (Phi) is 13.5. The number of benzene rings is 4. The van der Waals surface area contributed by atoms with E-state index in [4.69, 9.17) is 23.2 Å². The molecule has 306 valence electrons. The number of fused-ring (bicyclic) bond motifs is 1. The first kappa shape index (κ1) is 43.7. The van der Waals surface area contributed by atoms with E-state index in [1.807, 2.05) is 0 Å². The number of rotatable bonds is 6. The molecule has 0 saturated heterocycles. The number of nitrogens with zero attached hydrogens (tertiary/aromatic N) is 2. The van der Waals surface area contributed by atoms with E-state index in [9.17, 15) is 0 Å². The minimum Gasteiger partial charge on any atom is -0.298 e. The summed E-state index contributed by atoms with van der Waals surface area (Å²) in [5, 5.41) is 2.35. The van der Waals surface area contributed by atoms with E-state index in [0.29, 0.717) is 11.3 Å². The summed E-state index contributed by atoms with van der Waals surface area (Å²) in [7, 11) is -0.610. The molecule has 6 heteroatoms. The minimum atomic E-state index is -0.610. The van der Waals surface area contributed by atoms with Gasteiger partial charge in [0.05, 0.1) is 21.4 Å². The summed E-state index contributed by atoms with van der Waals surface area (Å²) >= 11 is 16.8. The van der Waals surface area contributed by atoms with Gasteiger partial charge in [0, 0.05) is 17.0 Å². The molecule has 2 atom stereocenters. The predicted molar refractivity (Wildman–Crippen MR) is 252 cm³/mol. The average molecular weight is 919 g/mol. The maximum Gasteiger partial charge on any atom is 2.00 e. The number of hydrogen-bond acceptors (Lipinski definition) is 2. The molecule has 0 bridgehead atoms. The number of hydrogen-bond donors (Lipinski definition) is 0. The quantitative estimate of drug-likeness (QED) is 0.108. The molecule has 0 aromatic heterocycles. The summed E-state index contributed by atoms with van der Waals surface area (Å²) < 4.78 is -0.539. The Labute approximate surface area is 374 Å². The van der Waals surface area contributed by atoms with Gasteiger partial charge in [-0.25, -0.2) is 0 Å². The zero-order valence-electron chi connectivity index (χ0n) is 36.1. The fraction of sp³-hybridized carbons (Fsp3) is 0.462. The first-order valence-electron chi connectivity index (χ1n) is 21.9. The maximum absolute atomic E-state index is 8.99. The van der Waals surface area contributed by atoms with Gasteiger partial charge in [-0.05, 0) is 162 Å². The summed E-state index contributed by atoms with van der Waals surface area (Å²) in [6, 6.07) is 25.1. The topological polar surface area (TPSA) is 6.48 Å². The van der Waals surface area contributed by atoms with Gasteiger partial charge in [-0.1, -0.05) is 118 Å². The van der Waals surface area contributed by atoms with Crippen molar-refractivity contribution in [1.29, 1.82) is 0 Å². The Morgan fingerprint density at radius 2 is 1.07 bits per heavy atom. The van der Waals surface area contributed by atoms with Crippen LogP contribution in [0.25, 0.3) is 16.8 Å².